The molecule has 92 valence electrons. The Bertz CT molecular complexity index is 427. The summed E-state index contributed by atoms with van der Waals surface area (Å²) in [6, 6.07) is 5.91. The number of rotatable bonds is 3. The van der Waals surface area contributed by atoms with Crippen molar-refractivity contribution in [3.8, 4) is 0 Å². The number of nitrogen functional groups attached to an aromatic ring is 1. The van der Waals surface area contributed by atoms with Crippen molar-refractivity contribution in [3.05, 3.63) is 23.8 Å². The molecule has 1 aliphatic carbocycles. The summed E-state index contributed by atoms with van der Waals surface area (Å²) in [6.45, 7) is 0. The average molecular weight is 234 g/mol. The minimum atomic E-state index is -0.352. The second-order valence-corrected chi connectivity index (χ2v) is 4.46. The molecular formula is C13H18N2O2. The van der Waals surface area contributed by atoms with Crippen molar-refractivity contribution in [2.75, 3.05) is 24.8 Å². The van der Waals surface area contributed by atoms with Gasteiger partial charge in [-0.15, -0.1) is 0 Å². The third-order valence-electron chi connectivity index (χ3n) is 3.45. The number of hydrogen-bond acceptors (Lipinski definition) is 4. The van der Waals surface area contributed by atoms with Crippen LogP contribution in [0.15, 0.2) is 18.2 Å². The van der Waals surface area contributed by atoms with Crippen molar-refractivity contribution in [1.29, 1.82) is 0 Å². The van der Waals surface area contributed by atoms with Crippen molar-refractivity contribution < 1.29 is 9.53 Å². The first-order valence-corrected chi connectivity index (χ1v) is 5.84. The molecule has 1 aliphatic rings. The monoisotopic (exact) mass is 234 g/mol. The smallest absolute Gasteiger partial charge is 0.337 e. The third-order valence-corrected chi connectivity index (χ3v) is 3.45. The largest absolute Gasteiger partial charge is 0.465 e. The Balaban J connectivity index is 2.21. The zero-order valence-corrected chi connectivity index (χ0v) is 10.3. The van der Waals surface area contributed by atoms with Crippen LogP contribution in [0.4, 0.5) is 11.4 Å². The van der Waals surface area contributed by atoms with Crippen molar-refractivity contribution >= 4 is 17.3 Å². The number of hydrogen-bond donors (Lipinski definition) is 1. The maximum atomic E-state index is 11.4. The molecule has 0 unspecified atom stereocenters. The second kappa shape index (κ2) is 4.65. The highest BCUT2D eigenvalue weighted by atomic mass is 16.5. The summed E-state index contributed by atoms with van der Waals surface area (Å²) >= 11 is 0. The zero-order valence-electron chi connectivity index (χ0n) is 10.3. The second-order valence-electron chi connectivity index (χ2n) is 4.46. The lowest BCUT2D eigenvalue weighted by Crippen LogP contribution is -2.37. The number of ether oxygens (including phenoxy) is 1. The van der Waals surface area contributed by atoms with E-state index < -0.39 is 0 Å². The summed E-state index contributed by atoms with van der Waals surface area (Å²) in [4.78, 5) is 13.6. The molecule has 1 aromatic rings. The molecule has 17 heavy (non-hydrogen) atoms. The normalized spacial score (nSPS) is 15.2. The Morgan fingerprint density at radius 3 is 2.65 bits per heavy atom. The summed E-state index contributed by atoms with van der Waals surface area (Å²) in [6.07, 6.45) is 3.72. The molecule has 2 N–H and O–H groups in total. The first-order valence-electron chi connectivity index (χ1n) is 5.84. The van der Waals surface area contributed by atoms with E-state index in [1.807, 2.05) is 13.1 Å². The number of methoxy groups -OCH3 is 1. The predicted octanol–water partition coefficient (Wildman–Crippen LogP) is 2.04. The standard InChI is InChI=1S/C13H18N2O2/c1-15(10-4-3-5-10)12-7-6-9(8-11(12)14)13(16)17-2/h6-8,10H,3-5,14H2,1-2H3. The van der Waals surface area contributed by atoms with Gasteiger partial charge in [0.2, 0.25) is 0 Å². The minimum absolute atomic E-state index is 0.352. The van der Waals surface area contributed by atoms with Crippen LogP contribution in [0.3, 0.4) is 0 Å². The Hall–Kier alpha value is -1.71. The van der Waals surface area contributed by atoms with Gasteiger partial charge in [-0.05, 0) is 37.5 Å². The molecule has 0 saturated heterocycles. The van der Waals surface area contributed by atoms with Crippen LogP contribution < -0.4 is 10.6 Å². The van der Waals surface area contributed by atoms with Gasteiger partial charge in [0, 0.05) is 13.1 Å². The van der Waals surface area contributed by atoms with E-state index in [1.165, 1.54) is 26.4 Å². The number of nitrogens with zero attached hydrogens (tertiary/aromatic N) is 1. The topological polar surface area (TPSA) is 55.6 Å². The summed E-state index contributed by atoms with van der Waals surface area (Å²) in [5.74, 6) is -0.352. The Kier molecular flexibility index (Phi) is 3.22. The van der Waals surface area contributed by atoms with E-state index in [-0.39, 0.29) is 5.97 Å². The van der Waals surface area contributed by atoms with Gasteiger partial charge in [-0.3, -0.25) is 0 Å². The Labute approximate surface area is 101 Å². The summed E-state index contributed by atoms with van der Waals surface area (Å²) in [7, 11) is 3.42. The highest BCUT2D eigenvalue weighted by Gasteiger charge is 2.23. The van der Waals surface area contributed by atoms with Crippen molar-refractivity contribution in [2.24, 2.45) is 0 Å². The van der Waals surface area contributed by atoms with Crippen LogP contribution in [0.2, 0.25) is 0 Å². The van der Waals surface area contributed by atoms with Crippen LogP contribution in [0.1, 0.15) is 29.6 Å². The van der Waals surface area contributed by atoms with Crippen molar-refractivity contribution in [2.45, 2.75) is 25.3 Å². The van der Waals surface area contributed by atoms with Gasteiger partial charge in [0.15, 0.2) is 0 Å². The van der Waals surface area contributed by atoms with E-state index in [4.69, 9.17) is 5.73 Å². The molecular weight excluding hydrogens is 216 g/mol. The summed E-state index contributed by atoms with van der Waals surface area (Å²) < 4.78 is 4.66. The molecule has 1 aromatic carbocycles. The fraction of sp³-hybridized carbons (Fsp3) is 0.462. The van der Waals surface area contributed by atoms with E-state index >= 15 is 0 Å². The van der Waals surface area contributed by atoms with E-state index in [1.54, 1.807) is 12.1 Å². The van der Waals surface area contributed by atoms with Crippen LogP contribution in [0.5, 0.6) is 0 Å². The third kappa shape index (κ3) is 2.20. The molecule has 1 saturated carbocycles. The molecule has 0 heterocycles. The van der Waals surface area contributed by atoms with Gasteiger partial charge in [-0.25, -0.2) is 4.79 Å². The predicted molar refractivity (Wildman–Crippen MR) is 68.2 cm³/mol. The number of esters is 1. The van der Waals surface area contributed by atoms with E-state index in [0.717, 1.165) is 5.69 Å². The van der Waals surface area contributed by atoms with Crippen LogP contribution in [0.25, 0.3) is 0 Å². The molecule has 0 spiro atoms. The van der Waals surface area contributed by atoms with Crippen molar-refractivity contribution in [1.82, 2.24) is 0 Å². The maximum absolute atomic E-state index is 11.4. The van der Waals surface area contributed by atoms with Crippen molar-refractivity contribution in [3.63, 3.8) is 0 Å². The maximum Gasteiger partial charge on any atom is 0.337 e. The highest BCUT2D eigenvalue weighted by molar-refractivity contribution is 5.92. The number of nitrogens with two attached hydrogens (primary N) is 1. The van der Waals surface area contributed by atoms with Crippen LogP contribution in [-0.2, 0) is 4.74 Å². The molecule has 2 rings (SSSR count). The number of benzene rings is 1. The lowest BCUT2D eigenvalue weighted by Gasteiger charge is -2.37. The molecule has 0 radical (unpaired) electrons. The molecule has 0 bridgehead atoms. The lowest BCUT2D eigenvalue weighted by atomic mass is 9.91. The summed E-state index contributed by atoms with van der Waals surface area (Å²) in [5.41, 5.74) is 8.09. The highest BCUT2D eigenvalue weighted by Crippen LogP contribution is 2.32. The number of carbonyl (C=O) groups excluding carboxylic acids is 1. The minimum Gasteiger partial charge on any atom is -0.465 e. The summed E-state index contributed by atoms with van der Waals surface area (Å²) in [5, 5.41) is 0. The first kappa shape index (κ1) is 11.8. The molecule has 0 amide bonds. The number of anilines is 2. The molecule has 0 atom stereocenters. The average Bonchev–Trinajstić information content (AvgIpc) is 2.25. The van der Waals surface area contributed by atoms with Gasteiger partial charge in [0.1, 0.15) is 0 Å². The van der Waals surface area contributed by atoms with Gasteiger partial charge in [0.05, 0.1) is 24.0 Å². The fourth-order valence-corrected chi connectivity index (χ4v) is 2.09. The quantitative estimate of drug-likeness (QED) is 0.642. The molecule has 0 aromatic heterocycles. The van der Waals surface area contributed by atoms with Crippen LogP contribution >= 0.6 is 0 Å². The molecule has 1 fully saturated rings. The SMILES string of the molecule is COC(=O)c1ccc(N(C)C2CCC2)c(N)c1. The molecule has 4 heteroatoms. The molecule has 4 nitrogen and oxygen atoms in total. The van der Waals surface area contributed by atoms with Gasteiger partial charge in [-0.1, -0.05) is 0 Å². The van der Waals surface area contributed by atoms with E-state index in [2.05, 4.69) is 9.64 Å². The molecule has 0 aliphatic heterocycles. The fourth-order valence-electron chi connectivity index (χ4n) is 2.09. The van der Waals surface area contributed by atoms with Gasteiger partial charge >= 0.3 is 5.97 Å². The first-order chi connectivity index (χ1) is 8.13. The Morgan fingerprint density at radius 2 is 2.18 bits per heavy atom. The zero-order chi connectivity index (χ0) is 12.4. The van der Waals surface area contributed by atoms with Gasteiger partial charge in [-0.2, -0.15) is 0 Å². The lowest BCUT2D eigenvalue weighted by molar-refractivity contribution is 0.0601. The van der Waals surface area contributed by atoms with Crippen LogP contribution in [-0.4, -0.2) is 26.2 Å². The van der Waals surface area contributed by atoms with Gasteiger partial charge in [0.25, 0.3) is 0 Å². The Morgan fingerprint density at radius 1 is 1.47 bits per heavy atom. The van der Waals surface area contributed by atoms with E-state index in [9.17, 15) is 4.79 Å². The van der Waals surface area contributed by atoms with Gasteiger partial charge < -0.3 is 15.4 Å². The van der Waals surface area contributed by atoms with E-state index in [0.29, 0.717) is 17.3 Å². The number of carbonyl (C=O) groups is 1. The van der Waals surface area contributed by atoms with Crippen LogP contribution in [0, 0.1) is 0 Å².